The van der Waals surface area contributed by atoms with Crippen LogP contribution in [0, 0.1) is 0 Å². The number of hydrogen-bond donors (Lipinski definition) is 1. The maximum absolute atomic E-state index is 8.57. The van der Waals surface area contributed by atoms with Crippen LogP contribution in [0.2, 0.25) is 0 Å². The summed E-state index contributed by atoms with van der Waals surface area (Å²) in [6.07, 6.45) is 0. The van der Waals surface area contributed by atoms with E-state index in [1.165, 1.54) is 0 Å². The first-order valence-electron chi connectivity index (χ1n) is 0.494. The Balaban J connectivity index is 0. The summed E-state index contributed by atoms with van der Waals surface area (Å²) in [5, 5.41) is 0. The Morgan fingerprint density at radius 3 is 1.75 bits per heavy atom. The van der Waals surface area contributed by atoms with Crippen molar-refractivity contribution in [2.45, 2.75) is 0 Å². The summed E-state index contributed by atoms with van der Waals surface area (Å²) in [5.74, 6) is 0. The third kappa shape index (κ3) is 9.16. The average Bonchev–Trinajstić information content (AvgIpc) is 0.918. The van der Waals surface area contributed by atoms with Crippen molar-refractivity contribution in [1.29, 1.82) is 0 Å². The second-order valence-corrected chi connectivity index (χ2v) is 0.316. The molecule has 0 amide bonds. The van der Waals surface area contributed by atoms with E-state index in [1.807, 2.05) is 0 Å². The molecule has 0 aliphatic carbocycles. The van der Waals surface area contributed by atoms with Gasteiger partial charge in [-0.3, -0.25) is 4.57 Å². The van der Waals surface area contributed by atoms with E-state index >= 15 is 0 Å². The van der Waals surface area contributed by atoms with Crippen molar-refractivity contribution in [3.8, 4) is 0 Å². The molecule has 0 saturated heterocycles. The predicted molar refractivity (Wildman–Crippen MR) is 18.4 cm³/mol. The predicted octanol–water partition coefficient (Wildman–Crippen LogP) is -0.731. The van der Waals surface area contributed by atoms with E-state index in [9.17, 15) is 0 Å². The SMILES string of the molecule is O=[PH2]O.[K]. The van der Waals surface area contributed by atoms with E-state index in [0.717, 1.165) is 0 Å². The normalized spacial score (nSPS) is 7.25. The van der Waals surface area contributed by atoms with Gasteiger partial charge in [0.05, 0.1) is 0 Å². The fourth-order valence-corrected chi connectivity index (χ4v) is 0. The molecule has 0 aliphatic heterocycles. The summed E-state index contributed by atoms with van der Waals surface area (Å²) in [4.78, 5) is 7.10. The minimum atomic E-state index is -1.50. The van der Waals surface area contributed by atoms with Crippen molar-refractivity contribution in [3.05, 3.63) is 0 Å². The van der Waals surface area contributed by atoms with Crippen LogP contribution < -0.4 is 0 Å². The van der Waals surface area contributed by atoms with Crippen LogP contribution in [0.25, 0.3) is 0 Å². The van der Waals surface area contributed by atoms with Gasteiger partial charge in [0.15, 0.2) is 8.69 Å². The van der Waals surface area contributed by atoms with Gasteiger partial charge in [-0.15, -0.1) is 0 Å². The molecule has 0 bridgehead atoms. The second kappa shape index (κ2) is 8.85. The third-order valence-corrected chi connectivity index (χ3v) is 0. The molecule has 0 heterocycles. The van der Waals surface area contributed by atoms with Gasteiger partial charge in [0.1, 0.15) is 0 Å². The second-order valence-electron chi connectivity index (χ2n) is 0.105. The molecule has 0 spiro atoms. The summed E-state index contributed by atoms with van der Waals surface area (Å²) < 4.78 is 8.57. The molecular weight excluding hydrogens is 102 g/mol. The minimum Gasteiger partial charge on any atom is -0.348 e. The van der Waals surface area contributed by atoms with Crippen LogP contribution in [-0.4, -0.2) is 56.3 Å². The van der Waals surface area contributed by atoms with Crippen molar-refractivity contribution in [2.75, 3.05) is 0 Å². The fourth-order valence-electron chi connectivity index (χ4n) is 0. The first-order chi connectivity index (χ1) is 1.41. The standard InChI is InChI=1S/K.H3O2P/c;1-3-2/h;3H2,(H,1,2). The van der Waals surface area contributed by atoms with E-state index in [1.54, 1.807) is 0 Å². The van der Waals surface area contributed by atoms with Gasteiger partial charge in [0.25, 0.3) is 0 Å². The number of rotatable bonds is 0. The van der Waals surface area contributed by atoms with E-state index in [4.69, 9.17) is 9.46 Å². The van der Waals surface area contributed by atoms with E-state index < -0.39 is 8.69 Å². The monoisotopic (exact) mass is 105 g/mol. The molecule has 0 aromatic rings. The molecule has 0 aliphatic rings. The minimum absolute atomic E-state index is 0. The maximum Gasteiger partial charge on any atom is 0.177 e. The molecule has 21 valence electrons. The maximum atomic E-state index is 8.57. The van der Waals surface area contributed by atoms with Crippen LogP contribution in [0.3, 0.4) is 0 Å². The Bertz CT molecular complexity index is 13.5. The molecule has 0 fully saturated rings. The van der Waals surface area contributed by atoms with E-state index in [0.29, 0.717) is 0 Å². The molecule has 1 radical (unpaired) electrons. The van der Waals surface area contributed by atoms with Crippen LogP contribution >= 0.6 is 8.69 Å². The average molecular weight is 105 g/mol. The van der Waals surface area contributed by atoms with E-state index in [-0.39, 0.29) is 51.4 Å². The fraction of sp³-hybridized carbons (Fsp3) is 0. The Labute approximate surface area is 68.3 Å². The molecule has 4 heteroatoms. The summed E-state index contributed by atoms with van der Waals surface area (Å²) in [7, 11) is -1.50. The molecule has 0 aromatic carbocycles. The molecule has 1 atom stereocenters. The van der Waals surface area contributed by atoms with Gasteiger partial charge in [0.2, 0.25) is 0 Å². The van der Waals surface area contributed by atoms with Crippen molar-refractivity contribution >= 4 is 60.1 Å². The van der Waals surface area contributed by atoms with Gasteiger partial charge >= 0.3 is 0 Å². The molecule has 1 N–H and O–H groups in total. The molecule has 0 rings (SSSR count). The van der Waals surface area contributed by atoms with Crippen LogP contribution in [0.5, 0.6) is 0 Å². The summed E-state index contributed by atoms with van der Waals surface area (Å²) in [5.41, 5.74) is 0. The van der Waals surface area contributed by atoms with Gasteiger partial charge in [-0.25, -0.2) is 0 Å². The van der Waals surface area contributed by atoms with Gasteiger partial charge in [0, 0.05) is 51.4 Å². The van der Waals surface area contributed by atoms with Gasteiger partial charge in [-0.2, -0.15) is 0 Å². The Kier molecular flexibility index (Phi) is 20.5. The van der Waals surface area contributed by atoms with Gasteiger partial charge in [-0.1, -0.05) is 0 Å². The Hall–Kier alpha value is 1.83. The molecule has 0 saturated carbocycles. The molecule has 1 unspecified atom stereocenters. The topological polar surface area (TPSA) is 37.3 Å². The molecular formula is H3KO2P. The summed E-state index contributed by atoms with van der Waals surface area (Å²) in [6, 6.07) is 0. The first-order valence-corrected chi connectivity index (χ1v) is 1.48. The third-order valence-electron chi connectivity index (χ3n) is 0. The zero-order valence-electron chi connectivity index (χ0n) is 2.43. The van der Waals surface area contributed by atoms with Gasteiger partial charge in [-0.05, 0) is 0 Å². The summed E-state index contributed by atoms with van der Waals surface area (Å²) >= 11 is 0. The zero-order valence-corrected chi connectivity index (χ0v) is 6.71. The van der Waals surface area contributed by atoms with Crippen molar-refractivity contribution in [2.24, 2.45) is 0 Å². The van der Waals surface area contributed by atoms with Gasteiger partial charge < -0.3 is 4.89 Å². The van der Waals surface area contributed by atoms with Crippen LogP contribution in [0.15, 0.2) is 0 Å². The molecule has 4 heavy (non-hydrogen) atoms. The Morgan fingerprint density at radius 2 is 1.75 bits per heavy atom. The molecule has 0 aromatic heterocycles. The summed E-state index contributed by atoms with van der Waals surface area (Å²) in [6.45, 7) is 0. The molecule has 2 nitrogen and oxygen atoms in total. The zero-order chi connectivity index (χ0) is 2.71. The first kappa shape index (κ1) is 9.27. The van der Waals surface area contributed by atoms with Crippen molar-refractivity contribution in [3.63, 3.8) is 0 Å². The smallest absolute Gasteiger partial charge is 0.177 e. The largest absolute Gasteiger partial charge is 0.348 e. The van der Waals surface area contributed by atoms with Crippen LogP contribution in [0.1, 0.15) is 0 Å². The van der Waals surface area contributed by atoms with Crippen LogP contribution in [0.4, 0.5) is 0 Å². The van der Waals surface area contributed by atoms with E-state index in [2.05, 4.69) is 0 Å². The van der Waals surface area contributed by atoms with Crippen molar-refractivity contribution < 1.29 is 9.46 Å². The Morgan fingerprint density at radius 1 is 1.75 bits per heavy atom. The number of hydrogen-bond acceptors (Lipinski definition) is 1. The van der Waals surface area contributed by atoms with Crippen LogP contribution in [-0.2, 0) is 4.57 Å². The quantitative estimate of drug-likeness (QED) is 0.325. The van der Waals surface area contributed by atoms with Crippen molar-refractivity contribution in [1.82, 2.24) is 0 Å².